The highest BCUT2D eigenvalue weighted by Gasteiger charge is 2.36. The first-order valence-electron chi connectivity index (χ1n) is 5.40. The fourth-order valence-electron chi connectivity index (χ4n) is 1.74. The minimum atomic E-state index is -1.18. The van der Waals surface area contributed by atoms with Crippen LogP contribution in [0, 0.1) is 10.1 Å². The van der Waals surface area contributed by atoms with E-state index >= 15 is 0 Å². The zero-order valence-corrected chi connectivity index (χ0v) is 10.8. The smallest absolute Gasteiger partial charge is 0.327 e. The number of pyridine rings is 1. The van der Waals surface area contributed by atoms with Crippen LogP contribution < -0.4 is 5.56 Å². The number of nitrogens with one attached hydrogen (secondary N) is 1. The second kappa shape index (κ2) is 5.33. The Hall–Kier alpha value is -2.36. The number of hydrogen-bond acceptors (Lipinski definition) is 6. The molecule has 0 radical (unpaired) electrons. The number of nitrogens with zero attached hydrogens (tertiary/aromatic N) is 2. The number of rotatable bonds is 3. The van der Waals surface area contributed by atoms with E-state index in [1.54, 1.807) is 0 Å². The fraction of sp³-hybridized carbons (Fsp3) is 0.300. The molecule has 0 aliphatic carbocycles. The lowest BCUT2D eigenvalue weighted by molar-refractivity contribution is -0.385. The van der Waals surface area contributed by atoms with Crippen LogP contribution in [0.25, 0.3) is 0 Å². The molecule has 1 atom stereocenters. The van der Waals surface area contributed by atoms with Crippen LogP contribution in [0.5, 0.6) is 0 Å². The first-order valence-corrected chi connectivity index (χ1v) is 6.56. The highest BCUT2D eigenvalue weighted by Crippen LogP contribution is 2.23. The number of carbonyl (C=O) groups is 2. The van der Waals surface area contributed by atoms with Crippen molar-refractivity contribution in [2.75, 3.05) is 11.6 Å². The van der Waals surface area contributed by atoms with E-state index in [1.165, 1.54) is 11.8 Å². The standard InChI is InChI=1S/C10H9N3O6S/c14-8-6(1-5(2-11-8)13(18)19)9(15)12-4-20-3-7(12)10(16)17/h1-2,7H,3-4H2,(H,11,14)(H,16,17)/t7-/m0/s1. The van der Waals surface area contributed by atoms with Crippen LogP contribution in [-0.4, -0.2) is 49.5 Å². The summed E-state index contributed by atoms with van der Waals surface area (Å²) in [6.45, 7) is 0. The van der Waals surface area contributed by atoms with Crippen LogP contribution in [0.3, 0.4) is 0 Å². The van der Waals surface area contributed by atoms with Crippen molar-refractivity contribution < 1.29 is 19.6 Å². The highest BCUT2D eigenvalue weighted by atomic mass is 32.2. The number of carbonyl (C=O) groups excluding carboxylic acids is 1. The Bertz CT molecular complexity index is 642. The Labute approximate surface area is 115 Å². The summed E-state index contributed by atoms with van der Waals surface area (Å²) in [5.74, 6) is -1.66. The molecule has 0 bridgehead atoms. The molecule has 0 saturated carbocycles. The van der Waals surface area contributed by atoms with Gasteiger partial charge in [0.2, 0.25) is 0 Å². The molecule has 0 unspecified atom stereocenters. The summed E-state index contributed by atoms with van der Waals surface area (Å²) in [4.78, 5) is 47.8. The molecular weight excluding hydrogens is 290 g/mol. The average Bonchev–Trinajstić information content (AvgIpc) is 2.87. The quantitative estimate of drug-likeness (QED) is 0.587. The lowest BCUT2D eigenvalue weighted by Gasteiger charge is -2.19. The maximum Gasteiger partial charge on any atom is 0.327 e. The third-order valence-corrected chi connectivity index (χ3v) is 3.77. The first-order chi connectivity index (χ1) is 9.41. The molecule has 1 aliphatic rings. The lowest BCUT2D eigenvalue weighted by Crippen LogP contribution is -2.43. The monoisotopic (exact) mass is 299 g/mol. The number of aromatic nitrogens is 1. The van der Waals surface area contributed by atoms with E-state index in [4.69, 9.17) is 5.11 Å². The molecule has 10 heteroatoms. The molecule has 2 rings (SSSR count). The number of H-pyrrole nitrogens is 1. The molecule has 1 amide bonds. The van der Waals surface area contributed by atoms with E-state index in [1.807, 2.05) is 0 Å². The maximum atomic E-state index is 12.2. The van der Waals surface area contributed by atoms with Gasteiger partial charge in [0.25, 0.3) is 17.2 Å². The zero-order chi connectivity index (χ0) is 14.9. The van der Waals surface area contributed by atoms with Gasteiger partial charge in [-0.25, -0.2) is 4.79 Å². The van der Waals surface area contributed by atoms with E-state index in [9.17, 15) is 24.5 Å². The molecule has 2 heterocycles. The average molecular weight is 299 g/mol. The van der Waals surface area contributed by atoms with Crippen LogP contribution in [0.4, 0.5) is 5.69 Å². The van der Waals surface area contributed by atoms with E-state index in [2.05, 4.69) is 4.98 Å². The van der Waals surface area contributed by atoms with E-state index < -0.39 is 39.7 Å². The Morgan fingerprint density at radius 1 is 1.55 bits per heavy atom. The van der Waals surface area contributed by atoms with Gasteiger partial charge in [-0.3, -0.25) is 19.7 Å². The lowest BCUT2D eigenvalue weighted by atomic mass is 10.2. The molecule has 1 saturated heterocycles. The minimum absolute atomic E-state index is 0.123. The van der Waals surface area contributed by atoms with Gasteiger partial charge < -0.3 is 15.0 Å². The molecular formula is C10H9N3O6S. The van der Waals surface area contributed by atoms with Gasteiger partial charge in [-0.15, -0.1) is 11.8 Å². The molecule has 0 spiro atoms. The third kappa shape index (κ3) is 2.50. The molecule has 1 aromatic rings. The molecule has 0 aromatic carbocycles. The first kappa shape index (κ1) is 14.1. The number of carboxylic acids is 1. The number of aliphatic carboxylic acids is 1. The molecule has 106 valence electrons. The second-order valence-electron chi connectivity index (χ2n) is 3.99. The Kier molecular flexibility index (Phi) is 3.74. The summed E-state index contributed by atoms with van der Waals surface area (Å²) in [7, 11) is 0. The Morgan fingerprint density at radius 2 is 2.25 bits per heavy atom. The molecule has 20 heavy (non-hydrogen) atoms. The van der Waals surface area contributed by atoms with Crippen molar-refractivity contribution >= 4 is 29.3 Å². The van der Waals surface area contributed by atoms with Crippen LogP contribution in [-0.2, 0) is 4.79 Å². The SMILES string of the molecule is O=C(O)[C@@H]1CSCN1C(=O)c1cc([N+](=O)[O-])c[nH]c1=O. The van der Waals surface area contributed by atoms with Crippen molar-refractivity contribution in [1.82, 2.24) is 9.88 Å². The highest BCUT2D eigenvalue weighted by molar-refractivity contribution is 7.99. The molecule has 1 fully saturated rings. The van der Waals surface area contributed by atoms with Gasteiger partial charge in [0, 0.05) is 11.8 Å². The summed E-state index contributed by atoms with van der Waals surface area (Å²) in [6.07, 6.45) is 0.881. The molecule has 9 nitrogen and oxygen atoms in total. The van der Waals surface area contributed by atoms with E-state index in [-0.39, 0.29) is 11.6 Å². The summed E-state index contributed by atoms with van der Waals surface area (Å²) >= 11 is 1.24. The van der Waals surface area contributed by atoms with Crippen molar-refractivity contribution in [1.29, 1.82) is 0 Å². The maximum absolute atomic E-state index is 12.2. The van der Waals surface area contributed by atoms with E-state index in [0.29, 0.717) is 0 Å². The Balaban J connectivity index is 2.38. The van der Waals surface area contributed by atoms with Gasteiger partial charge in [-0.1, -0.05) is 0 Å². The van der Waals surface area contributed by atoms with Gasteiger partial charge in [-0.2, -0.15) is 0 Å². The van der Waals surface area contributed by atoms with Gasteiger partial charge in [0.15, 0.2) is 0 Å². The molecule has 1 aliphatic heterocycles. The van der Waals surface area contributed by atoms with Crippen LogP contribution in [0.1, 0.15) is 10.4 Å². The predicted octanol–water partition coefficient (Wildman–Crippen LogP) is -0.117. The van der Waals surface area contributed by atoms with Crippen molar-refractivity contribution in [2.45, 2.75) is 6.04 Å². The summed E-state index contributed by atoms with van der Waals surface area (Å²) < 4.78 is 0. The molecule has 2 N–H and O–H groups in total. The van der Waals surface area contributed by atoms with Crippen LogP contribution >= 0.6 is 11.8 Å². The van der Waals surface area contributed by atoms with Gasteiger partial charge in [0.1, 0.15) is 11.6 Å². The molecule has 1 aromatic heterocycles. The van der Waals surface area contributed by atoms with Gasteiger partial charge in [0.05, 0.1) is 17.0 Å². The van der Waals surface area contributed by atoms with Crippen LogP contribution in [0.2, 0.25) is 0 Å². The summed E-state index contributed by atoms with van der Waals surface area (Å²) in [5.41, 5.74) is -1.67. The summed E-state index contributed by atoms with van der Waals surface area (Å²) in [6, 6.07) is -0.186. The number of hydrogen-bond donors (Lipinski definition) is 2. The van der Waals surface area contributed by atoms with E-state index in [0.717, 1.165) is 17.2 Å². The largest absolute Gasteiger partial charge is 0.480 e. The van der Waals surface area contributed by atoms with Crippen molar-refractivity contribution in [3.63, 3.8) is 0 Å². The topological polar surface area (TPSA) is 134 Å². The fourth-order valence-corrected chi connectivity index (χ4v) is 2.88. The normalized spacial score (nSPS) is 18.0. The summed E-state index contributed by atoms with van der Waals surface area (Å²) in [5, 5.41) is 19.6. The van der Waals surface area contributed by atoms with Gasteiger partial charge in [-0.05, 0) is 0 Å². The van der Waals surface area contributed by atoms with Crippen LogP contribution in [0.15, 0.2) is 17.1 Å². The number of aromatic amines is 1. The second-order valence-corrected chi connectivity index (χ2v) is 4.99. The minimum Gasteiger partial charge on any atom is -0.480 e. The number of thioether (sulfide) groups is 1. The number of carboxylic acid groups (broad SMARTS) is 1. The van der Waals surface area contributed by atoms with Gasteiger partial charge >= 0.3 is 5.97 Å². The van der Waals surface area contributed by atoms with Crippen molar-refractivity contribution in [3.8, 4) is 0 Å². The third-order valence-electron chi connectivity index (χ3n) is 2.76. The Morgan fingerprint density at radius 3 is 2.85 bits per heavy atom. The van der Waals surface area contributed by atoms with Crippen molar-refractivity contribution in [3.05, 3.63) is 38.3 Å². The predicted molar refractivity (Wildman–Crippen MR) is 68.6 cm³/mol. The number of nitro groups is 1. The number of amides is 1. The zero-order valence-electron chi connectivity index (χ0n) is 9.94. The van der Waals surface area contributed by atoms with Crippen molar-refractivity contribution in [2.24, 2.45) is 0 Å².